The van der Waals surface area contributed by atoms with Crippen molar-refractivity contribution in [1.82, 2.24) is 0 Å². The molecule has 0 heterocycles. The van der Waals surface area contributed by atoms with E-state index in [1.807, 2.05) is 0 Å². The highest BCUT2D eigenvalue weighted by Crippen LogP contribution is 2.38. The van der Waals surface area contributed by atoms with E-state index in [4.69, 9.17) is 14.2 Å². The van der Waals surface area contributed by atoms with Gasteiger partial charge in [-0.2, -0.15) is 0 Å². The highest BCUT2D eigenvalue weighted by atomic mass is 16.6. The Morgan fingerprint density at radius 3 is 1.76 bits per heavy atom. The number of hydrogen-bond donors (Lipinski definition) is 1. The van der Waals surface area contributed by atoms with Crippen LogP contribution in [0, 0.1) is 0 Å². The monoisotopic (exact) mass is 468 g/mol. The Bertz CT molecular complexity index is 630. The Kier molecular flexibility index (Phi) is 14.0. The summed E-state index contributed by atoms with van der Waals surface area (Å²) in [6.45, 7) is 5.96. The topological polar surface area (TPSA) is 99.1 Å². The Labute approximate surface area is 199 Å². The Hall–Kier alpha value is -1.89. The molecule has 0 aromatic carbocycles. The Balaban J connectivity index is 2.58. The van der Waals surface area contributed by atoms with E-state index in [0.29, 0.717) is 6.42 Å². The first-order chi connectivity index (χ1) is 15.7. The quantitative estimate of drug-likeness (QED) is 0.136. The zero-order valence-corrected chi connectivity index (χ0v) is 21.0. The zero-order valence-electron chi connectivity index (χ0n) is 21.0. The average Bonchev–Trinajstić information content (AvgIpc) is 3.02. The Morgan fingerprint density at radius 2 is 1.30 bits per heavy atom. The zero-order chi connectivity index (χ0) is 24.7. The van der Waals surface area contributed by atoms with Crippen LogP contribution < -0.4 is 0 Å². The molecule has 0 aliphatic heterocycles. The summed E-state index contributed by atoms with van der Waals surface area (Å²) in [4.78, 5) is 35.3. The molecule has 4 atom stereocenters. The molecule has 0 aromatic heterocycles. The van der Waals surface area contributed by atoms with Crippen molar-refractivity contribution in [2.24, 2.45) is 0 Å². The summed E-state index contributed by atoms with van der Waals surface area (Å²) in [6, 6.07) is 0. The van der Waals surface area contributed by atoms with Crippen LogP contribution in [0.4, 0.5) is 0 Å². The molecule has 2 unspecified atom stereocenters. The second-order valence-corrected chi connectivity index (χ2v) is 9.08. The first kappa shape index (κ1) is 29.1. The smallest absolute Gasteiger partial charge is 0.303 e. The standard InChI is InChI=1S/C26H44O7/c1-5-6-7-8-9-10-11-12-13-14-15-16-17-24(31-20(2)27)26(33-22(4)29)23(30)18-19-25(26)32-21(3)28/h18-19,23-25,30H,5-17H2,1-4H3/t23?,24?,25-,26-/m0/s1. The molecule has 0 spiro atoms. The summed E-state index contributed by atoms with van der Waals surface area (Å²) in [6.07, 6.45) is 14.3. The lowest BCUT2D eigenvalue weighted by Crippen LogP contribution is -2.61. The number of esters is 3. The number of aliphatic hydroxyl groups excluding tert-OH is 1. The molecule has 0 saturated heterocycles. The van der Waals surface area contributed by atoms with Gasteiger partial charge in [0, 0.05) is 20.8 Å². The van der Waals surface area contributed by atoms with Gasteiger partial charge >= 0.3 is 17.9 Å². The van der Waals surface area contributed by atoms with Crippen LogP contribution in [0.15, 0.2) is 12.2 Å². The number of unbranched alkanes of at least 4 members (excludes halogenated alkanes) is 11. The predicted molar refractivity (Wildman–Crippen MR) is 126 cm³/mol. The maximum atomic E-state index is 11.9. The van der Waals surface area contributed by atoms with Crippen molar-refractivity contribution in [1.29, 1.82) is 0 Å². The molecule has 7 heteroatoms. The van der Waals surface area contributed by atoms with Crippen molar-refractivity contribution in [3.05, 3.63) is 12.2 Å². The minimum atomic E-state index is -1.68. The van der Waals surface area contributed by atoms with Crippen molar-refractivity contribution in [2.75, 3.05) is 0 Å². The number of carbonyl (C=O) groups excluding carboxylic acids is 3. The molecule has 190 valence electrons. The number of aliphatic hydroxyl groups is 1. The van der Waals surface area contributed by atoms with Gasteiger partial charge in [0.2, 0.25) is 5.60 Å². The van der Waals surface area contributed by atoms with Crippen LogP contribution in [0.1, 0.15) is 111 Å². The van der Waals surface area contributed by atoms with E-state index in [1.54, 1.807) is 0 Å². The van der Waals surface area contributed by atoms with E-state index in [-0.39, 0.29) is 0 Å². The van der Waals surface area contributed by atoms with Gasteiger partial charge < -0.3 is 19.3 Å². The van der Waals surface area contributed by atoms with Crippen LogP contribution >= 0.6 is 0 Å². The Morgan fingerprint density at radius 1 is 0.788 bits per heavy atom. The number of ether oxygens (including phenoxy) is 3. The van der Waals surface area contributed by atoms with Crippen molar-refractivity contribution >= 4 is 17.9 Å². The lowest BCUT2D eigenvalue weighted by molar-refractivity contribution is -0.221. The van der Waals surface area contributed by atoms with Crippen LogP contribution in [-0.2, 0) is 28.6 Å². The fourth-order valence-corrected chi connectivity index (χ4v) is 4.54. The molecule has 0 radical (unpaired) electrons. The van der Waals surface area contributed by atoms with Crippen LogP contribution in [0.3, 0.4) is 0 Å². The third kappa shape index (κ3) is 10.3. The van der Waals surface area contributed by atoms with Gasteiger partial charge in [0.15, 0.2) is 6.10 Å². The molecular weight excluding hydrogens is 424 g/mol. The summed E-state index contributed by atoms with van der Waals surface area (Å²) in [5.74, 6) is -1.78. The normalized spacial score (nSPS) is 22.7. The van der Waals surface area contributed by atoms with Gasteiger partial charge in [0.25, 0.3) is 0 Å². The second-order valence-electron chi connectivity index (χ2n) is 9.08. The molecule has 1 N–H and O–H groups in total. The van der Waals surface area contributed by atoms with Gasteiger partial charge in [-0.3, -0.25) is 14.4 Å². The molecule has 1 aliphatic rings. The minimum Gasteiger partial charge on any atom is -0.458 e. The van der Waals surface area contributed by atoms with Gasteiger partial charge in [-0.1, -0.05) is 83.6 Å². The number of carbonyl (C=O) groups is 3. The summed E-state index contributed by atoms with van der Waals surface area (Å²) >= 11 is 0. The SMILES string of the molecule is CCCCCCCCCCCCCCC(OC(C)=O)[C@@]1(OC(C)=O)C(O)C=C[C@@H]1OC(C)=O. The van der Waals surface area contributed by atoms with Crippen LogP contribution in [0.5, 0.6) is 0 Å². The van der Waals surface area contributed by atoms with E-state index in [1.165, 1.54) is 84.3 Å². The fourth-order valence-electron chi connectivity index (χ4n) is 4.54. The molecule has 1 aliphatic carbocycles. The van der Waals surface area contributed by atoms with Gasteiger partial charge in [-0.25, -0.2) is 0 Å². The van der Waals surface area contributed by atoms with Crippen LogP contribution in [-0.4, -0.2) is 46.9 Å². The average molecular weight is 469 g/mol. The first-order valence-corrected chi connectivity index (χ1v) is 12.6. The van der Waals surface area contributed by atoms with E-state index in [2.05, 4.69) is 6.92 Å². The maximum Gasteiger partial charge on any atom is 0.303 e. The fraction of sp³-hybridized carbons (Fsp3) is 0.808. The van der Waals surface area contributed by atoms with Gasteiger partial charge in [0.1, 0.15) is 12.2 Å². The highest BCUT2D eigenvalue weighted by molar-refractivity contribution is 5.69. The summed E-state index contributed by atoms with van der Waals surface area (Å²) in [7, 11) is 0. The van der Waals surface area contributed by atoms with Crippen molar-refractivity contribution < 1.29 is 33.7 Å². The summed E-state index contributed by atoms with van der Waals surface area (Å²) in [5, 5.41) is 10.7. The van der Waals surface area contributed by atoms with Gasteiger partial charge in [0.05, 0.1) is 0 Å². The van der Waals surface area contributed by atoms with E-state index in [0.717, 1.165) is 25.7 Å². The first-order valence-electron chi connectivity index (χ1n) is 12.6. The van der Waals surface area contributed by atoms with Gasteiger partial charge in [-0.15, -0.1) is 0 Å². The van der Waals surface area contributed by atoms with Crippen LogP contribution in [0.2, 0.25) is 0 Å². The molecule has 1 rings (SSSR count). The molecule has 0 amide bonds. The minimum absolute atomic E-state index is 0.390. The van der Waals surface area contributed by atoms with E-state index >= 15 is 0 Å². The van der Waals surface area contributed by atoms with Crippen molar-refractivity contribution in [3.63, 3.8) is 0 Å². The van der Waals surface area contributed by atoms with Crippen molar-refractivity contribution in [3.8, 4) is 0 Å². The van der Waals surface area contributed by atoms with E-state index in [9.17, 15) is 19.5 Å². The second kappa shape index (κ2) is 15.9. The molecule has 0 saturated carbocycles. The third-order valence-corrected chi connectivity index (χ3v) is 6.12. The molecule has 0 bridgehead atoms. The molecular formula is C26H44O7. The maximum absolute atomic E-state index is 11.9. The molecule has 7 nitrogen and oxygen atoms in total. The lowest BCUT2D eigenvalue weighted by Gasteiger charge is -2.41. The molecule has 0 aromatic rings. The molecule has 0 fully saturated rings. The highest BCUT2D eigenvalue weighted by Gasteiger charge is 2.59. The van der Waals surface area contributed by atoms with Gasteiger partial charge in [-0.05, 0) is 18.9 Å². The predicted octanol–water partition coefficient (Wildman–Crippen LogP) is 5.17. The van der Waals surface area contributed by atoms with Crippen LogP contribution in [0.25, 0.3) is 0 Å². The summed E-state index contributed by atoms with van der Waals surface area (Å²) < 4.78 is 16.4. The number of rotatable bonds is 17. The van der Waals surface area contributed by atoms with E-state index < -0.39 is 41.8 Å². The lowest BCUT2D eigenvalue weighted by atomic mass is 9.85. The summed E-state index contributed by atoms with van der Waals surface area (Å²) in [5.41, 5.74) is -1.68. The largest absolute Gasteiger partial charge is 0.458 e. The number of hydrogen-bond acceptors (Lipinski definition) is 7. The van der Waals surface area contributed by atoms with Crippen molar-refractivity contribution in [2.45, 2.75) is 135 Å². The molecule has 33 heavy (non-hydrogen) atoms. The third-order valence-electron chi connectivity index (χ3n) is 6.12.